The molecular weight excluding hydrogens is 368 g/mol. The molecule has 28 heavy (non-hydrogen) atoms. The van der Waals surface area contributed by atoms with E-state index in [2.05, 4.69) is 0 Å². The molecule has 3 N–H and O–H groups in total. The Bertz CT molecular complexity index is 852. The van der Waals surface area contributed by atoms with Gasteiger partial charge in [-0.05, 0) is 25.3 Å². The van der Waals surface area contributed by atoms with Crippen LogP contribution in [0.2, 0.25) is 0 Å². The molecule has 0 unspecified atom stereocenters. The molecule has 1 heterocycles. The molecule has 0 bridgehead atoms. The monoisotopic (exact) mass is 392 g/mol. The smallest absolute Gasteiger partial charge is 0.342 e. The summed E-state index contributed by atoms with van der Waals surface area (Å²) < 4.78 is 10.4. The number of allylic oxidation sites excluding steroid dienone is 2. The number of carboxylic acid groups (broad SMARTS) is 2. The van der Waals surface area contributed by atoms with Crippen LogP contribution in [0.25, 0.3) is 0 Å². The molecule has 0 spiro atoms. The molecule has 1 aliphatic carbocycles. The Labute approximate surface area is 162 Å². The summed E-state index contributed by atoms with van der Waals surface area (Å²) >= 11 is 0. The Balaban J connectivity index is 0.00000136. The highest BCUT2D eigenvalue weighted by molar-refractivity contribution is 6.00. The summed E-state index contributed by atoms with van der Waals surface area (Å²) in [4.78, 5) is 34.8. The summed E-state index contributed by atoms with van der Waals surface area (Å²) in [6.07, 6.45) is 1.32. The van der Waals surface area contributed by atoms with E-state index in [1.165, 1.54) is 7.11 Å². The summed E-state index contributed by atoms with van der Waals surface area (Å²) in [6, 6.07) is 0. The van der Waals surface area contributed by atoms with E-state index in [1.807, 2.05) is 13.8 Å². The molecule has 8 heteroatoms. The van der Waals surface area contributed by atoms with Gasteiger partial charge in [0.15, 0.2) is 5.41 Å². The first-order valence-corrected chi connectivity index (χ1v) is 8.96. The Morgan fingerprint density at radius 1 is 1.25 bits per heavy atom. The highest BCUT2D eigenvalue weighted by Gasteiger charge is 2.49. The van der Waals surface area contributed by atoms with E-state index >= 15 is 0 Å². The summed E-state index contributed by atoms with van der Waals surface area (Å²) in [5, 5.41) is 29.2. The number of aromatic hydroxyl groups is 1. The van der Waals surface area contributed by atoms with Crippen LogP contribution in [-0.4, -0.2) is 40.3 Å². The second-order valence-electron chi connectivity index (χ2n) is 6.53. The van der Waals surface area contributed by atoms with Crippen LogP contribution in [0.5, 0.6) is 11.5 Å². The molecule has 3 rings (SSSR count). The predicted octanol–water partition coefficient (Wildman–Crippen LogP) is 2.82. The second kappa shape index (κ2) is 7.92. The van der Waals surface area contributed by atoms with Gasteiger partial charge in [-0.15, -0.1) is 0 Å². The average Bonchev–Trinajstić information content (AvgIpc) is 3.26. The van der Waals surface area contributed by atoms with E-state index in [1.54, 1.807) is 13.0 Å². The third-order valence-electron chi connectivity index (χ3n) is 5.14. The van der Waals surface area contributed by atoms with Crippen molar-refractivity contribution >= 4 is 17.9 Å². The van der Waals surface area contributed by atoms with Gasteiger partial charge < -0.3 is 24.8 Å². The Kier molecular flexibility index (Phi) is 6.01. The molecule has 152 valence electrons. The van der Waals surface area contributed by atoms with Crippen LogP contribution in [0, 0.1) is 12.3 Å². The molecule has 0 atom stereocenters. The van der Waals surface area contributed by atoms with Gasteiger partial charge in [-0.25, -0.2) is 4.79 Å². The first-order valence-electron chi connectivity index (χ1n) is 8.96. The number of ether oxygens (including phenoxy) is 2. The second-order valence-corrected chi connectivity index (χ2v) is 6.53. The zero-order chi connectivity index (χ0) is 21.2. The van der Waals surface area contributed by atoms with Crippen molar-refractivity contribution in [2.75, 3.05) is 7.11 Å². The highest BCUT2D eigenvalue weighted by atomic mass is 16.5. The number of hydrogen-bond acceptors (Lipinski definition) is 6. The third-order valence-corrected chi connectivity index (χ3v) is 5.14. The fraction of sp³-hybridized carbons (Fsp3) is 0.450. The Morgan fingerprint density at radius 3 is 2.36 bits per heavy atom. The molecule has 0 aromatic heterocycles. The van der Waals surface area contributed by atoms with E-state index in [-0.39, 0.29) is 37.2 Å². The normalized spacial score (nSPS) is 16.4. The van der Waals surface area contributed by atoms with Crippen LogP contribution in [0.1, 0.15) is 53.7 Å². The number of carboxylic acids is 2. The number of fused-ring (bicyclic) bond motifs is 1. The molecule has 0 amide bonds. The van der Waals surface area contributed by atoms with Crippen molar-refractivity contribution in [3.8, 4) is 11.5 Å². The lowest BCUT2D eigenvalue weighted by atomic mass is 9.83. The number of carbonyl (C=O) groups excluding carboxylic acids is 1. The Morgan fingerprint density at radius 2 is 1.86 bits per heavy atom. The van der Waals surface area contributed by atoms with Crippen LogP contribution in [-0.2, 0) is 27.4 Å². The number of methoxy groups -OCH3 is 1. The first kappa shape index (κ1) is 21.3. The minimum absolute atomic E-state index is 0.0496. The van der Waals surface area contributed by atoms with Gasteiger partial charge in [0.25, 0.3) is 0 Å². The van der Waals surface area contributed by atoms with Crippen LogP contribution in [0.3, 0.4) is 0 Å². The van der Waals surface area contributed by atoms with Crippen molar-refractivity contribution in [2.24, 2.45) is 5.41 Å². The fourth-order valence-electron chi connectivity index (χ4n) is 3.63. The zero-order valence-electron chi connectivity index (χ0n) is 16.3. The van der Waals surface area contributed by atoms with Crippen LogP contribution in [0.4, 0.5) is 0 Å². The van der Waals surface area contributed by atoms with E-state index in [0.717, 1.165) is 0 Å². The largest absolute Gasteiger partial charge is 0.507 e. The lowest BCUT2D eigenvalue weighted by molar-refractivity contribution is -0.163. The number of aliphatic carboxylic acids is 2. The number of benzene rings is 1. The minimum atomic E-state index is -1.90. The molecule has 0 fully saturated rings. The lowest BCUT2D eigenvalue weighted by Gasteiger charge is -2.20. The molecule has 1 aromatic rings. The maximum absolute atomic E-state index is 11.9. The summed E-state index contributed by atoms with van der Waals surface area (Å²) in [7, 11) is 1.43. The van der Waals surface area contributed by atoms with Crippen molar-refractivity contribution in [3.05, 3.63) is 33.9 Å². The molecule has 1 aliphatic heterocycles. The van der Waals surface area contributed by atoms with Crippen molar-refractivity contribution in [1.82, 2.24) is 0 Å². The Hall–Kier alpha value is -3.03. The standard InChI is InChI=1S/C18H18O8.C2H6/c1-8-11-7-26-15(20)12(11)13(19)10(14(8)25-2)5-9-3-4-18(6-9,16(21)22)17(23)24;1-2/h3,19H,4-7H2,1-2H3,(H,21,22)(H,23,24);1-2H3. The zero-order valence-corrected chi connectivity index (χ0v) is 16.3. The maximum atomic E-state index is 11.9. The van der Waals surface area contributed by atoms with Gasteiger partial charge in [0.1, 0.15) is 23.7 Å². The van der Waals surface area contributed by atoms with Crippen molar-refractivity contribution < 1.29 is 39.2 Å². The summed E-state index contributed by atoms with van der Waals surface area (Å²) in [5.74, 6) is -3.32. The first-order chi connectivity index (χ1) is 13.2. The maximum Gasteiger partial charge on any atom is 0.342 e. The van der Waals surface area contributed by atoms with Gasteiger partial charge in [-0.2, -0.15) is 0 Å². The van der Waals surface area contributed by atoms with E-state index < -0.39 is 23.3 Å². The van der Waals surface area contributed by atoms with Gasteiger partial charge in [-0.1, -0.05) is 25.5 Å². The number of hydrogen-bond donors (Lipinski definition) is 3. The molecule has 8 nitrogen and oxygen atoms in total. The number of carbonyl (C=O) groups is 3. The number of cyclic esters (lactones) is 1. The molecule has 0 radical (unpaired) electrons. The summed E-state index contributed by atoms with van der Waals surface area (Å²) in [5.41, 5.74) is 0.263. The van der Waals surface area contributed by atoms with Crippen LogP contribution in [0.15, 0.2) is 11.6 Å². The minimum Gasteiger partial charge on any atom is -0.507 e. The average molecular weight is 392 g/mol. The molecule has 2 aliphatic rings. The summed E-state index contributed by atoms with van der Waals surface area (Å²) in [6.45, 7) is 5.79. The number of phenols is 1. The fourth-order valence-corrected chi connectivity index (χ4v) is 3.63. The number of esters is 1. The van der Waals surface area contributed by atoms with Gasteiger partial charge in [0.2, 0.25) is 0 Å². The predicted molar refractivity (Wildman–Crippen MR) is 98.6 cm³/mol. The molecule has 0 saturated heterocycles. The van der Waals surface area contributed by atoms with Gasteiger partial charge in [-0.3, -0.25) is 9.59 Å². The van der Waals surface area contributed by atoms with E-state index in [4.69, 9.17) is 9.47 Å². The van der Waals surface area contributed by atoms with Crippen LogP contribution < -0.4 is 4.74 Å². The molecule has 1 aromatic carbocycles. The number of rotatable bonds is 5. The third kappa shape index (κ3) is 3.19. The number of phenolic OH excluding ortho intramolecular Hbond substituents is 1. The van der Waals surface area contributed by atoms with Crippen LogP contribution >= 0.6 is 0 Å². The van der Waals surface area contributed by atoms with Crippen molar-refractivity contribution in [3.63, 3.8) is 0 Å². The quantitative estimate of drug-likeness (QED) is 0.396. The highest BCUT2D eigenvalue weighted by Crippen LogP contribution is 2.45. The molecular formula is C20H24O8. The van der Waals surface area contributed by atoms with Crippen molar-refractivity contribution in [2.45, 2.75) is 46.6 Å². The molecule has 0 saturated carbocycles. The van der Waals surface area contributed by atoms with Crippen molar-refractivity contribution in [1.29, 1.82) is 0 Å². The lowest BCUT2D eigenvalue weighted by Crippen LogP contribution is -2.37. The van der Waals surface area contributed by atoms with Gasteiger partial charge in [0.05, 0.1) is 7.11 Å². The van der Waals surface area contributed by atoms with Gasteiger partial charge >= 0.3 is 17.9 Å². The van der Waals surface area contributed by atoms with Gasteiger partial charge in [0, 0.05) is 17.5 Å². The topological polar surface area (TPSA) is 130 Å². The van der Waals surface area contributed by atoms with E-state index in [9.17, 15) is 29.7 Å². The SMILES string of the molecule is CC.COc1c(C)c2c(c(O)c1CC1=CCC(C(=O)O)(C(=O)O)C1)C(=O)OC2. The van der Waals surface area contributed by atoms with E-state index in [0.29, 0.717) is 28.0 Å².